The summed E-state index contributed by atoms with van der Waals surface area (Å²) in [6, 6.07) is 0. The molecule has 86 valence electrons. The van der Waals surface area contributed by atoms with Gasteiger partial charge in [0.15, 0.2) is 5.82 Å². The SMILES string of the molecule is CC(C)(O)CCn1ccnc1-c1cnc[nH]1. The maximum absolute atomic E-state index is 9.68. The molecule has 2 aromatic rings. The number of hydrogen-bond donors (Lipinski definition) is 2. The number of rotatable bonds is 4. The van der Waals surface area contributed by atoms with Gasteiger partial charge in [0.05, 0.1) is 18.1 Å². The average molecular weight is 220 g/mol. The number of nitrogens with one attached hydrogen (secondary N) is 1. The lowest BCUT2D eigenvalue weighted by atomic mass is 10.1. The van der Waals surface area contributed by atoms with E-state index < -0.39 is 5.60 Å². The summed E-state index contributed by atoms with van der Waals surface area (Å²) in [5, 5.41) is 9.68. The Morgan fingerprint density at radius 2 is 2.31 bits per heavy atom. The van der Waals surface area contributed by atoms with Crippen LogP contribution >= 0.6 is 0 Å². The van der Waals surface area contributed by atoms with E-state index in [9.17, 15) is 5.11 Å². The van der Waals surface area contributed by atoms with Crippen LogP contribution in [0.3, 0.4) is 0 Å². The number of H-pyrrole nitrogens is 1. The summed E-state index contributed by atoms with van der Waals surface area (Å²) in [5.41, 5.74) is 0.232. The maximum Gasteiger partial charge on any atom is 0.158 e. The number of nitrogens with zero attached hydrogens (tertiary/aromatic N) is 3. The largest absolute Gasteiger partial charge is 0.390 e. The first-order valence-corrected chi connectivity index (χ1v) is 5.28. The van der Waals surface area contributed by atoms with E-state index in [0.29, 0.717) is 6.42 Å². The van der Waals surface area contributed by atoms with Gasteiger partial charge in [0, 0.05) is 18.9 Å². The molecule has 0 amide bonds. The maximum atomic E-state index is 9.68. The van der Waals surface area contributed by atoms with E-state index in [0.717, 1.165) is 18.1 Å². The number of aliphatic hydroxyl groups is 1. The average Bonchev–Trinajstić information content (AvgIpc) is 2.84. The molecule has 2 rings (SSSR count). The molecule has 0 atom stereocenters. The first-order chi connectivity index (χ1) is 7.56. The van der Waals surface area contributed by atoms with Crippen LogP contribution in [0.1, 0.15) is 20.3 Å². The van der Waals surface area contributed by atoms with Gasteiger partial charge in [-0.25, -0.2) is 9.97 Å². The van der Waals surface area contributed by atoms with Gasteiger partial charge in [0.2, 0.25) is 0 Å². The molecule has 0 aliphatic carbocycles. The summed E-state index contributed by atoms with van der Waals surface area (Å²) >= 11 is 0. The van der Waals surface area contributed by atoms with Crippen LogP contribution in [0.5, 0.6) is 0 Å². The quantitative estimate of drug-likeness (QED) is 0.819. The second kappa shape index (κ2) is 4.09. The van der Waals surface area contributed by atoms with E-state index in [-0.39, 0.29) is 0 Å². The van der Waals surface area contributed by atoms with Crippen molar-refractivity contribution in [2.24, 2.45) is 0 Å². The van der Waals surface area contributed by atoms with Crippen LogP contribution in [0, 0.1) is 0 Å². The Morgan fingerprint density at radius 1 is 1.50 bits per heavy atom. The lowest BCUT2D eigenvalue weighted by molar-refractivity contribution is 0.0663. The summed E-state index contributed by atoms with van der Waals surface area (Å²) in [6.45, 7) is 4.34. The molecule has 5 heteroatoms. The number of aryl methyl sites for hydroxylation is 1. The van der Waals surface area contributed by atoms with E-state index in [2.05, 4.69) is 15.0 Å². The molecular formula is C11H16N4O. The van der Waals surface area contributed by atoms with E-state index in [1.54, 1.807) is 32.6 Å². The zero-order chi connectivity index (χ0) is 11.6. The van der Waals surface area contributed by atoms with Crippen LogP contribution in [-0.4, -0.2) is 30.2 Å². The fourth-order valence-electron chi connectivity index (χ4n) is 1.51. The summed E-state index contributed by atoms with van der Waals surface area (Å²) in [5.74, 6) is 0.849. The van der Waals surface area contributed by atoms with Gasteiger partial charge in [-0.05, 0) is 20.3 Å². The monoisotopic (exact) mass is 220 g/mol. The molecule has 0 spiro atoms. The van der Waals surface area contributed by atoms with Crippen molar-refractivity contribution >= 4 is 0 Å². The standard InChI is InChI=1S/C11H16N4O/c1-11(2,16)3-5-15-6-4-13-10(15)9-7-12-8-14-9/h4,6-8,16H,3,5H2,1-2H3,(H,12,14). The molecule has 0 saturated carbocycles. The molecule has 0 saturated heterocycles. The van der Waals surface area contributed by atoms with Crippen LogP contribution in [0.25, 0.3) is 11.5 Å². The molecular weight excluding hydrogens is 204 g/mol. The van der Waals surface area contributed by atoms with Crippen LogP contribution < -0.4 is 0 Å². The topological polar surface area (TPSA) is 66.7 Å². The first kappa shape index (κ1) is 10.9. The number of aromatic nitrogens is 4. The predicted molar refractivity (Wildman–Crippen MR) is 60.7 cm³/mol. The van der Waals surface area contributed by atoms with Gasteiger partial charge in [0.1, 0.15) is 5.69 Å². The summed E-state index contributed by atoms with van der Waals surface area (Å²) in [4.78, 5) is 11.3. The third-order valence-corrected chi connectivity index (χ3v) is 2.42. The number of imidazole rings is 2. The fourth-order valence-corrected chi connectivity index (χ4v) is 1.51. The predicted octanol–water partition coefficient (Wildman–Crippen LogP) is 1.43. The van der Waals surface area contributed by atoms with Crippen molar-refractivity contribution < 1.29 is 5.11 Å². The summed E-state index contributed by atoms with van der Waals surface area (Å²) in [7, 11) is 0. The van der Waals surface area contributed by atoms with Crippen molar-refractivity contribution in [2.45, 2.75) is 32.4 Å². The van der Waals surface area contributed by atoms with Crippen molar-refractivity contribution in [2.75, 3.05) is 0 Å². The van der Waals surface area contributed by atoms with Crippen molar-refractivity contribution in [3.63, 3.8) is 0 Å². The first-order valence-electron chi connectivity index (χ1n) is 5.28. The molecule has 2 aromatic heterocycles. The second-order valence-electron chi connectivity index (χ2n) is 4.47. The lowest BCUT2D eigenvalue weighted by Gasteiger charge is -2.17. The molecule has 0 aromatic carbocycles. The Kier molecular flexibility index (Phi) is 2.78. The minimum atomic E-state index is -0.657. The minimum Gasteiger partial charge on any atom is -0.390 e. The fraction of sp³-hybridized carbons (Fsp3) is 0.455. The van der Waals surface area contributed by atoms with Crippen molar-refractivity contribution in [3.8, 4) is 11.5 Å². The van der Waals surface area contributed by atoms with E-state index in [1.807, 2.05) is 10.8 Å². The summed E-state index contributed by atoms with van der Waals surface area (Å²) in [6.07, 6.45) is 7.71. The van der Waals surface area contributed by atoms with Gasteiger partial charge < -0.3 is 14.7 Å². The highest BCUT2D eigenvalue weighted by atomic mass is 16.3. The van der Waals surface area contributed by atoms with Crippen molar-refractivity contribution in [3.05, 3.63) is 24.9 Å². The molecule has 0 unspecified atom stereocenters. The third kappa shape index (κ3) is 2.49. The molecule has 5 nitrogen and oxygen atoms in total. The molecule has 0 bridgehead atoms. The molecule has 2 N–H and O–H groups in total. The molecule has 0 radical (unpaired) electrons. The Labute approximate surface area is 94.2 Å². The van der Waals surface area contributed by atoms with Gasteiger partial charge in [-0.3, -0.25) is 0 Å². The lowest BCUT2D eigenvalue weighted by Crippen LogP contribution is -2.21. The Hall–Kier alpha value is -1.62. The highest BCUT2D eigenvalue weighted by molar-refractivity contribution is 5.47. The normalized spacial score (nSPS) is 11.9. The highest BCUT2D eigenvalue weighted by Crippen LogP contribution is 2.16. The number of hydrogen-bond acceptors (Lipinski definition) is 3. The molecule has 16 heavy (non-hydrogen) atoms. The third-order valence-electron chi connectivity index (χ3n) is 2.42. The van der Waals surface area contributed by atoms with E-state index >= 15 is 0 Å². The Balaban J connectivity index is 2.14. The van der Waals surface area contributed by atoms with Crippen molar-refractivity contribution in [1.29, 1.82) is 0 Å². The zero-order valence-corrected chi connectivity index (χ0v) is 9.51. The van der Waals surface area contributed by atoms with Gasteiger partial charge in [-0.15, -0.1) is 0 Å². The smallest absolute Gasteiger partial charge is 0.158 e. The Bertz CT molecular complexity index is 439. The Morgan fingerprint density at radius 3 is 2.94 bits per heavy atom. The van der Waals surface area contributed by atoms with Gasteiger partial charge in [-0.1, -0.05) is 0 Å². The number of aromatic amines is 1. The van der Waals surface area contributed by atoms with E-state index in [4.69, 9.17) is 0 Å². The molecule has 0 fully saturated rings. The van der Waals surface area contributed by atoms with Gasteiger partial charge >= 0.3 is 0 Å². The van der Waals surface area contributed by atoms with Crippen LogP contribution in [-0.2, 0) is 6.54 Å². The minimum absolute atomic E-state index is 0.657. The van der Waals surface area contributed by atoms with Crippen LogP contribution in [0.4, 0.5) is 0 Å². The van der Waals surface area contributed by atoms with Gasteiger partial charge in [0.25, 0.3) is 0 Å². The van der Waals surface area contributed by atoms with Crippen molar-refractivity contribution in [1.82, 2.24) is 19.5 Å². The van der Waals surface area contributed by atoms with Gasteiger partial charge in [-0.2, -0.15) is 0 Å². The molecule has 0 aliphatic rings. The van der Waals surface area contributed by atoms with Crippen LogP contribution in [0.15, 0.2) is 24.9 Å². The molecule has 0 aliphatic heterocycles. The summed E-state index contributed by atoms with van der Waals surface area (Å²) < 4.78 is 2.01. The van der Waals surface area contributed by atoms with E-state index in [1.165, 1.54) is 0 Å². The molecule has 2 heterocycles. The second-order valence-corrected chi connectivity index (χ2v) is 4.47. The zero-order valence-electron chi connectivity index (χ0n) is 9.51. The van der Waals surface area contributed by atoms with Crippen LogP contribution in [0.2, 0.25) is 0 Å². The highest BCUT2D eigenvalue weighted by Gasteiger charge is 2.14.